The molecule has 0 amide bonds. The predicted octanol–water partition coefficient (Wildman–Crippen LogP) is 4.24. The number of hydrogen-bond donors (Lipinski definition) is 0. The van der Waals surface area contributed by atoms with Crippen molar-refractivity contribution in [2.24, 2.45) is 0 Å². The number of carbonyl (C=O) groups excluding carboxylic acids is 1. The second kappa shape index (κ2) is 5.31. The number of carbonyl (C=O) groups is 1. The first-order valence-electron chi connectivity index (χ1n) is 5.29. The summed E-state index contributed by atoms with van der Waals surface area (Å²) in [6, 6.07) is 9.41. The molecule has 0 unspecified atom stereocenters. The van der Waals surface area contributed by atoms with Gasteiger partial charge in [-0.2, -0.15) is 0 Å². The maximum absolute atomic E-state index is 13.6. The minimum atomic E-state index is -0.720. The molecular weight excluding hydrogens is 254 g/mol. The number of benzene rings is 2. The van der Waals surface area contributed by atoms with Crippen molar-refractivity contribution >= 4 is 18.0 Å². The van der Waals surface area contributed by atoms with Crippen LogP contribution in [0.4, 0.5) is 8.78 Å². The molecule has 4 heteroatoms. The Labute approximate surface area is 108 Å². The van der Waals surface area contributed by atoms with Crippen molar-refractivity contribution in [3.63, 3.8) is 0 Å². The molecule has 0 spiro atoms. The van der Waals surface area contributed by atoms with Gasteiger partial charge in [-0.15, -0.1) is 0 Å². The Kier molecular flexibility index (Phi) is 3.77. The molecule has 0 radical (unpaired) electrons. The third kappa shape index (κ3) is 2.76. The Morgan fingerprint density at radius 1 is 1.06 bits per heavy atom. The normalized spacial score (nSPS) is 10.4. The lowest BCUT2D eigenvalue weighted by atomic mass is 10.2. The van der Waals surface area contributed by atoms with Gasteiger partial charge in [-0.1, -0.05) is 29.5 Å². The van der Waals surface area contributed by atoms with Crippen LogP contribution in [-0.2, 0) is 0 Å². The van der Waals surface area contributed by atoms with Gasteiger partial charge in [-0.05, 0) is 31.2 Å². The summed E-state index contributed by atoms with van der Waals surface area (Å²) in [5.74, 6) is -1.44. The van der Waals surface area contributed by atoms with E-state index in [2.05, 4.69) is 0 Å². The molecule has 0 atom stereocenters. The van der Waals surface area contributed by atoms with Crippen molar-refractivity contribution in [1.82, 2.24) is 0 Å². The van der Waals surface area contributed by atoms with Crippen LogP contribution in [0.3, 0.4) is 0 Å². The number of aldehydes is 1. The highest BCUT2D eigenvalue weighted by Gasteiger charge is 2.12. The van der Waals surface area contributed by atoms with Gasteiger partial charge in [0.15, 0.2) is 0 Å². The first-order chi connectivity index (χ1) is 8.60. The second-order valence-corrected chi connectivity index (χ2v) is 4.93. The molecule has 0 heterocycles. The summed E-state index contributed by atoms with van der Waals surface area (Å²) >= 11 is 1.00. The molecular formula is C14H10F2OS. The lowest BCUT2D eigenvalue weighted by Crippen LogP contribution is -1.92. The lowest BCUT2D eigenvalue weighted by molar-refractivity contribution is 0.112. The maximum atomic E-state index is 13.6. The van der Waals surface area contributed by atoms with Gasteiger partial charge in [0.1, 0.15) is 17.9 Å². The monoisotopic (exact) mass is 264 g/mol. The predicted molar refractivity (Wildman–Crippen MR) is 67.0 cm³/mol. The van der Waals surface area contributed by atoms with Gasteiger partial charge in [0, 0.05) is 10.5 Å². The van der Waals surface area contributed by atoms with E-state index in [4.69, 9.17) is 0 Å². The van der Waals surface area contributed by atoms with Crippen LogP contribution in [0.5, 0.6) is 0 Å². The van der Waals surface area contributed by atoms with Crippen molar-refractivity contribution in [3.8, 4) is 0 Å². The van der Waals surface area contributed by atoms with Gasteiger partial charge >= 0.3 is 0 Å². The van der Waals surface area contributed by atoms with Gasteiger partial charge < -0.3 is 0 Å². The van der Waals surface area contributed by atoms with Crippen LogP contribution >= 0.6 is 11.8 Å². The molecule has 0 aromatic heterocycles. The molecule has 0 aliphatic rings. The highest BCUT2D eigenvalue weighted by molar-refractivity contribution is 7.99. The highest BCUT2D eigenvalue weighted by atomic mass is 32.2. The van der Waals surface area contributed by atoms with Crippen LogP contribution in [0.25, 0.3) is 0 Å². The third-order valence-electron chi connectivity index (χ3n) is 2.40. The summed E-state index contributed by atoms with van der Waals surface area (Å²) in [6.07, 6.45) is 0.423. The van der Waals surface area contributed by atoms with Crippen molar-refractivity contribution < 1.29 is 13.6 Å². The number of hydrogen-bond acceptors (Lipinski definition) is 2. The summed E-state index contributed by atoms with van der Waals surface area (Å²) in [5.41, 5.74) is 1.08. The second-order valence-electron chi connectivity index (χ2n) is 3.85. The topological polar surface area (TPSA) is 17.1 Å². The van der Waals surface area contributed by atoms with Crippen molar-refractivity contribution in [2.45, 2.75) is 16.7 Å². The van der Waals surface area contributed by atoms with E-state index >= 15 is 0 Å². The standard InChI is InChI=1S/C14H10F2OS/c1-9-2-4-11(5-3-9)18-14-12(15)6-10(8-17)7-13(14)16/h2-8H,1H3. The number of rotatable bonds is 3. The average molecular weight is 264 g/mol. The van der Waals surface area contributed by atoms with E-state index in [1.54, 1.807) is 12.1 Å². The zero-order valence-corrected chi connectivity index (χ0v) is 10.4. The Hall–Kier alpha value is -1.68. The van der Waals surface area contributed by atoms with Gasteiger partial charge in [0.25, 0.3) is 0 Å². The molecule has 1 nitrogen and oxygen atoms in total. The highest BCUT2D eigenvalue weighted by Crippen LogP contribution is 2.32. The molecule has 0 saturated heterocycles. The van der Waals surface area contributed by atoms with E-state index < -0.39 is 11.6 Å². The van der Waals surface area contributed by atoms with E-state index in [0.717, 1.165) is 34.4 Å². The molecule has 0 bridgehead atoms. The Bertz CT molecular complexity index is 556. The zero-order valence-electron chi connectivity index (χ0n) is 9.61. The molecule has 0 saturated carbocycles. The fourth-order valence-electron chi connectivity index (χ4n) is 1.47. The fraction of sp³-hybridized carbons (Fsp3) is 0.0714. The lowest BCUT2D eigenvalue weighted by Gasteiger charge is -2.06. The summed E-state index contributed by atoms with van der Waals surface area (Å²) < 4.78 is 27.3. The Morgan fingerprint density at radius 2 is 1.61 bits per heavy atom. The summed E-state index contributed by atoms with van der Waals surface area (Å²) in [4.78, 5) is 11.1. The van der Waals surface area contributed by atoms with Crippen molar-refractivity contribution in [2.75, 3.05) is 0 Å². The van der Waals surface area contributed by atoms with Crippen molar-refractivity contribution in [3.05, 3.63) is 59.2 Å². The Balaban J connectivity index is 2.34. The van der Waals surface area contributed by atoms with Crippen LogP contribution in [0.1, 0.15) is 15.9 Å². The smallest absolute Gasteiger partial charge is 0.150 e. The van der Waals surface area contributed by atoms with Crippen LogP contribution < -0.4 is 0 Å². The molecule has 2 aromatic rings. The first-order valence-corrected chi connectivity index (χ1v) is 6.10. The molecule has 18 heavy (non-hydrogen) atoms. The minimum Gasteiger partial charge on any atom is -0.298 e. The van der Waals surface area contributed by atoms with Crippen molar-refractivity contribution in [1.29, 1.82) is 0 Å². The third-order valence-corrected chi connectivity index (χ3v) is 3.50. The van der Waals surface area contributed by atoms with Gasteiger partial charge in [-0.3, -0.25) is 4.79 Å². The molecule has 2 aromatic carbocycles. The first kappa shape index (κ1) is 12.8. The fourth-order valence-corrected chi connectivity index (χ4v) is 2.29. The van der Waals surface area contributed by atoms with Crippen LogP contribution in [0.2, 0.25) is 0 Å². The van der Waals surface area contributed by atoms with Gasteiger partial charge in [0.05, 0.1) is 4.90 Å². The van der Waals surface area contributed by atoms with E-state index in [9.17, 15) is 13.6 Å². The number of aryl methyl sites for hydroxylation is 1. The Morgan fingerprint density at radius 3 is 2.11 bits per heavy atom. The molecule has 0 aliphatic heterocycles. The molecule has 92 valence electrons. The van der Waals surface area contributed by atoms with Gasteiger partial charge in [-0.25, -0.2) is 8.78 Å². The van der Waals surface area contributed by atoms with E-state index in [1.807, 2.05) is 19.1 Å². The van der Waals surface area contributed by atoms with Crippen LogP contribution in [0, 0.1) is 18.6 Å². The van der Waals surface area contributed by atoms with E-state index in [0.29, 0.717) is 6.29 Å². The van der Waals surface area contributed by atoms with Gasteiger partial charge in [0.2, 0.25) is 0 Å². The quantitative estimate of drug-likeness (QED) is 0.771. The number of halogens is 2. The molecule has 0 N–H and O–H groups in total. The minimum absolute atomic E-state index is 0.00161. The maximum Gasteiger partial charge on any atom is 0.150 e. The average Bonchev–Trinajstić information content (AvgIpc) is 2.35. The molecule has 0 aliphatic carbocycles. The van der Waals surface area contributed by atoms with E-state index in [1.165, 1.54) is 0 Å². The largest absolute Gasteiger partial charge is 0.298 e. The molecule has 0 fully saturated rings. The van der Waals surface area contributed by atoms with E-state index in [-0.39, 0.29) is 10.5 Å². The van der Waals surface area contributed by atoms with Crippen LogP contribution in [0.15, 0.2) is 46.2 Å². The molecule has 2 rings (SSSR count). The summed E-state index contributed by atoms with van der Waals surface area (Å²) in [7, 11) is 0. The van der Waals surface area contributed by atoms with Crippen LogP contribution in [-0.4, -0.2) is 6.29 Å². The zero-order chi connectivity index (χ0) is 13.1. The SMILES string of the molecule is Cc1ccc(Sc2c(F)cc(C=O)cc2F)cc1. The summed E-state index contributed by atoms with van der Waals surface area (Å²) in [5, 5.41) is 0. The summed E-state index contributed by atoms with van der Waals surface area (Å²) in [6.45, 7) is 1.94.